The van der Waals surface area contributed by atoms with Gasteiger partial charge in [0.25, 0.3) is 0 Å². The number of hydrogen-bond donors (Lipinski definition) is 0. The van der Waals surface area contributed by atoms with Crippen LogP contribution in [-0.2, 0) is 0 Å². The van der Waals surface area contributed by atoms with Crippen molar-refractivity contribution in [1.29, 1.82) is 0 Å². The summed E-state index contributed by atoms with van der Waals surface area (Å²) in [6.45, 7) is 4.56. The van der Waals surface area contributed by atoms with Crippen LogP contribution in [0.2, 0.25) is 0 Å². The van der Waals surface area contributed by atoms with E-state index in [9.17, 15) is 17.6 Å². The van der Waals surface area contributed by atoms with Crippen LogP contribution >= 0.6 is 0 Å². The van der Waals surface area contributed by atoms with Crippen LogP contribution in [0.1, 0.15) is 52.4 Å². The summed E-state index contributed by atoms with van der Waals surface area (Å²) >= 11 is 0. The van der Waals surface area contributed by atoms with Crippen LogP contribution in [0.25, 0.3) is 11.1 Å². The second kappa shape index (κ2) is 10.2. The lowest BCUT2D eigenvalue weighted by Crippen LogP contribution is -2.19. The Labute approximate surface area is 192 Å². The summed E-state index contributed by atoms with van der Waals surface area (Å²) in [5.41, 5.74) is 0.814. The number of rotatable bonds is 9. The molecule has 2 aliphatic carbocycles. The minimum atomic E-state index is -1.27. The number of halogens is 4. The molecule has 3 unspecified atom stereocenters. The number of benzene rings is 2. The highest BCUT2D eigenvalue weighted by Gasteiger charge is 2.40. The van der Waals surface area contributed by atoms with Crippen molar-refractivity contribution >= 4 is 0 Å². The largest absolute Gasteiger partial charge is 0.490 e. The normalized spacial score (nSPS) is 21.8. The lowest BCUT2D eigenvalue weighted by atomic mass is 9.88. The molecule has 1 fully saturated rings. The molecule has 6 heteroatoms. The van der Waals surface area contributed by atoms with Gasteiger partial charge in [0.2, 0.25) is 11.6 Å². The van der Waals surface area contributed by atoms with Crippen LogP contribution in [0.15, 0.2) is 35.9 Å². The van der Waals surface area contributed by atoms with E-state index in [1.165, 1.54) is 29.8 Å². The van der Waals surface area contributed by atoms with Crippen molar-refractivity contribution in [2.75, 3.05) is 13.2 Å². The van der Waals surface area contributed by atoms with Gasteiger partial charge in [-0.15, -0.1) is 0 Å². The predicted molar refractivity (Wildman–Crippen MR) is 120 cm³/mol. The molecule has 1 saturated carbocycles. The molecule has 0 bridgehead atoms. The first-order chi connectivity index (χ1) is 16.0. The second-order valence-electron chi connectivity index (χ2n) is 9.01. The molecule has 33 heavy (non-hydrogen) atoms. The first-order valence-electron chi connectivity index (χ1n) is 11.9. The van der Waals surface area contributed by atoms with Crippen molar-refractivity contribution < 1.29 is 27.0 Å². The minimum absolute atomic E-state index is 0.205. The van der Waals surface area contributed by atoms with E-state index in [0.29, 0.717) is 30.8 Å². The zero-order chi connectivity index (χ0) is 23.5. The molecule has 0 radical (unpaired) electrons. The number of fused-ring (bicyclic) bond motifs is 1. The Kier molecular flexibility index (Phi) is 7.30. The van der Waals surface area contributed by atoms with E-state index in [2.05, 4.69) is 13.0 Å². The SMILES string of the molecule is CCCOc1ccc(-c2ccc(OCC3CCC4C(CCC)=CCC34)c(F)c2F)c(F)c1F. The fourth-order valence-corrected chi connectivity index (χ4v) is 5.30. The monoisotopic (exact) mass is 462 g/mol. The lowest BCUT2D eigenvalue weighted by Gasteiger charge is -2.21. The highest BCUT2D eigenvalue weighted by atomic mass is 19.2. The van der Waals surface area contributed by atoms with E-state index < -0.39 is 23.3 Å². The summed E-state index contributed by atoms with van der Waals surface area (Å²) in [7, 11) is 0. The third-order valence-corrected chi connectivity index (χ3v) is 6.94. The van der Waals surface area contributed by atoms with Crippen molar-refractivity contribution in [1.82, 2.24) is 0 Å². The Balaban J connectivity index is 1.47. The van der Waals surface area contributed by atoms with Gasteiger partial charge in [0.15, 0.2) is 23.1 Å². The zero-order valence-electron chi connectivity index (χ0n) is 19.1. The third-order valence-electron chi connectivity index (χ3n) is 6.94. The van der Waals surface area contributed by atoms with E-state index in [-0.39, 0.29) is 29.2 Å². The Morgan fingerprint density at radius 1 is 0.788 bits per heavy atom. The smallest absolute Gasteiger partial charge is 0.201 e. The van der Waals surface area contributed by atoms with Gasteiger partial charge in [-0.25, -0.2) is 8.78 Å². The third kappa shape index (κ3) is 4.62. The summed E-state index contributed by atoms with van der Waals surface area (Å²) in [5, 5.41) is 0. The molecule has 3 atom stereocenters. The molecule has 2 aromatic rings. The van der Waals surface area contributed by atoms with Gasteiger partial charge < -0.3 is 9.47 Å². The van der Waals surface area contributed by atoms with Crippen LogP contribution in [0, 0.1) is 41.0 Å². The quantitative estimate of drug-likeness (QED) is 0.279. The number of ether oxygens (including phenoxy) is 2. The van der Waals surface area contributed by atoms with Crippen molar-refractivity contribution in [3.63, 3.8) is 0 Å². The average molecular weight is 463 g/mol. The fraction of sp³-hybridized carbons (Fsp3) is 0.481. The zero-order valence-corrected chi connectivity index (χ0v) is 19.1. The first-order valence-corrected chi connectivity index (χ1v) is 11.9. The fourth-order valence-electron chi connectivity index (χ4n) is 5.30. The molecule has 0 amide bonds. The molecule has 2 aliphatic rings. The number of allylic oxidation sites excluding steroid dienone is 2. The molecule has 4 rings (SSSR count). The van der Waals surface area contributed by atoms with Crippen molar-refractivity contribution in [2.24, 2.45) is 17.8 Å². The summed E-state index contributed by atoms with van der Waals surface area (Å²) in [5.74, 6) is -4.01. The van der Waals surface area contributed by atoms with Gasteiger partial charge >= 0.3 is 0 Å². The molecule has 0 saturated heterocycles. The highest BCUT2D eigenvalue weighted by Crippen LogP contribution is 2.49. The topological polar surface area (TPSA) is 18.5 Å². The number of hydrogen-bond acceptors (Lipinski definition) is 2. The Morgan fingerprint density at radius 3 is 2.03 bits per heavy atom. The Hall–Kier alpha value is -2.50. The van der Waals surface area contributed by atoms with Gasteiger partial charge in [0.1, 0.15) is 0 Å². The maximum Gasteiger partial charge on any atom is 0.201 e. The van der Waals surface area contributed by atoms with E-state index in [0.717, 1.165) is 32.1 Å². The van der Waals surface area contributed by atoms with E-state index >= 15 is 0 Å². The molecule has 0 aliphatic heterocycles. The van der Waals surface area contributed by atoms with Gasteiger partial charge in [-0.1, -0.05) is 31.9 Å². The second-order valence-corrected chi connectivity index (χ2v) is 9.01. The van der Waals surface area contributed by atoms with Crippen molar-refractivity contribution in [3.8, 4) is 22.6 Å². The van der Waals surface area contributed by atoms with Gasteiger partial charge in [0, 0.05) is 11.1 Å². The molecule has 0 spiro atoms. The molecular formula is C27H30F4O2. The minimum Gasteiger partial charge on any atom is -0.490 e. The van der Waals surface area contributed by atoms with Crippen LogP contribution < -0.4 is 9.47 Å². The van der Waals surface area contributed by atoms with Crippen LogP contribution in [-0.4, -0.2) is 13.2 Å². The molecular weight excluding hydrogens is 432 g/mol. The Bertz CT molecular complexity index is 1030. The van der Waals surface area contributed by atoms with E-state index in [4.69, 9.17) is 9.47 Å². The van der Waals surface area contributed by atoms with Gasteiger partial charge in [-0.05, 0) is 74.1 Å². The first kappa shape index (κ1) is 23.7. The van der Waals surface area contributed by atoms with Gasteiger partial charge in [0.05, 0.1) is 13.2 Å². The molecule has 178 valence electrons. The van der Waals surface area contributed by atoms with Crippen LogP contribution in [0.3, 0.4) is 0 Å². The van der Waals surface area contributed by atoms with Crippen LogP contribution in [0.4, 0.5) is 17.6 Å². The summed E-state index contributed by atoms with van der Waals surface area (Å²) in [4.78, 5) is 0. The molecule has 2 nitrogen and oxygen atoms in total. The standard InChI is InChI=1S/C27H30F4O2/c1-3-5-16-6-8-19-17(7-9-18(16)19)15-33-23-13-11-21(25(29)27(23)31)20-10-12-22(32-14-4-2)26(30)24(20)28/h6,10-13,17-19H,3-5,7-9,14-15H2,1-2H3. The molecule has 0 aromatic heterocycles. The molecule has 2 aromatic carbocycles. The van der Waals surface area contributed by atoms with Gasteiger partial charge in [-0.2, -0.15) is 8.78 Å². The lowest BCUT2D eigenvalue weighted by molar-refractivity contribution is 0.200. The van der Waals surface area contributed by atoms with Crippen molar-refractivity contribution in [2.45, 2.75) is 52.4 Å². The molecule has 0 N–H and O–H groups in total. The van der Waals surface area contributed by atoms with Crippen molar-refractivity contribution in [3.05, 3.63) is 59.2 Å². The van der Waals surface area contributed by atoms with E-state index in [1.54, 1.807) is 0 Å². The maximum absolute atomic E-state index is 14.8. The highest BCUT2D eigenvalue weighted by molar-refractivity contribution is 5.67. The summed E-state index contributed by atoms with van der Waals surface area (Å²) in [6.07, 6.45) is 8.37. The van der Waals surface area contributed by atoms with Gasteiger partial charge in [-0.3, -0.25) is 0 Å². The average Bonchev–Trinajstić information content (AvgIpc) is 3.40. The van der Waals surface area contributed by atoms with Crippen LogP contribution in [0.5, 0.6) is 11.5 Å². The Morgan fingerprint density at radius 2 is 1.42 bits per heavy atom. The summed E-state index contributed by atoms with van der Waals surface area (Å²) < 4.78 is 69.3. The van der Waals surface area contributed by atoms with E-state index in [1.807, 2.05) is 6.92 Å². The maximum atomic E-state index is 14.8. The molecule has 0 heterocycles. The predicted octanol–water partition coefficient (Wildman–Crippen LogP) is 7.85. The summed E-state index contributed by atoms with van der Waals surface area (Å²) in [6, 6.07) is 4.94.